The summed E-state index contributed by atoms with van der Waals surface area (Å²) in [6, 6.07) is 7.77. The van der Waals surface area contributed by atoms with Gasteiger partial charge in [0.1, 0.15) is 5.82 Å². The number of ether oxygens (including phenoxy) is 1. The standard InChI is InChI=1S/C19H20ClN5O2/c20-14-1-3-15(4-2-14)23-7-8-24-17(12-23)22-25-16(19(24)26)11-21-18(25)13-5-9-27-10-6-13/h1-4,11,13H,5-10,12H2. The van der Waals surface area contributed by atoms with Gasteiger partial charge in [-0.2, -0.15) is 5.10 Å². The van der Waals surface area contributed by atoms with Crippen LogP contribution in [-0.4, -0.2) is 38.9 Å². The normalized spacial score (nSPS) is 18.0. The molecule has 2 aromatic heterocycles. The lowest BCUT2D eigenvalue weighted by Gasteiger charge is -2.31. The molecule has 0 radical (unpaired) electrons. The zero-order valence-electron chi connectivity index (χ0n) is 14.8. The summed E-state index contributed by atoms with van der Waals surface area (Å²) in [5.74, 6) is 1.92. The second-order valence-electron chi connectivity index (χ2n) is 7.07. The molecular weight excluding hydrogens is 366 g/mol. The third-order valence-electron chi connectivity index (χ3n) is 5.46. The summed E-state index contributed by atoms with van der Waals surface area (Å²) < 4.78 is 8.99. The number of imidazole rings is 1. The van der Waals surface area contributed by atoms with E-state index < -0.39 is 0 Å². The predicted molar refractivity (Wildman–Crippen MR) is 103 cm³/mol. The van der Waals surface area contributed by atoms with E-state index in [1.165, 1.54) is 0 Å². The number of anilines is 1. The van der Waals surface area contributed by atoms with Crippen molar-refractivity contribution in [1.82, 2.24) is 19.2 Å². The van der Waals surface area contributed by atoms with Gasteiger partial charge in [-0.05, 0) is 37.1 Å². The molecule has 0 bridgehead atoms. The second kappa shape index (κ2) is 6.65. The van der Waals surface area contributed by atoms with Gasteiger partial charge in [0.15, 0.2) is 11.3 Å². The number of halogens is 1. The van der Waals surface area contributed by atoms with Crippen molar-refractivity contribution < 1.29 is 4.74 Å². The summed E-state index contributed by atoms with van der Waals surface area (Å²) >= 11 is 6.00. The fourth-order valence-electron chi connectivity index (χ4n) is 3.96. The van der Waals surface area contributed by atoms with E-state index >= 15 is 0 Å². The molecule has 5 rings (SSSR count). The predicted octanol–water partition coefficient (Wildman–Crippen LogP) is 2.46. The fourth-order valence-corrected chi connectivity index (χ4v) is 4.09. The highest BCUT2D eigenvalue weighted by atomic mass is 35.5. The maximum absolute atomic E-state index is 13.0. The van der Waals surface area contributed by atoms with Gasteiger partial charge in [0.05, 0.1) is 12.7 Å². The average molecular weight is 386 g/mol. The molecule has 1 aromatic carbocycles. The van der Waals surface area contributed by atoms with Gasteiger partial charge in [0, 0.05) is 42.9 Å². The molecule has 1 fully saturated rings. The van der Waals surface area contributed by atoms with Gasteiger partial charge in [-0.3, -0.25) is 9.36 Å². The zero-order valence-corrected chi connectivity index (χ0v) is 15.6. The van der Waals surface area contributed by atoms with Crippen LogP contribution in [0.5, 0.6) is 0 Å². The molecule has 0 N–H and O–H groups in total. The molecule has 2 aliphatic rings. The summed E-state index contributed by atoms with van der Waals surface area (Å²) in [4.78, 5) is 19.7. The van der Waals surface area contributed by atoms with E-state index in [9.17, 15) is 4.79 Å². The van der Waals surface area contributed by atoms with Gasteiger partial charge in [-0.25, -0.2) is 9.50 Å². The maximum atomic E-state index is 13.0. The van der Waals surface area contributed by atoms with Crippen LogP contribution in [0.15, 0.2) is 35.3 Å². The second-order valence-corrected chi connectivity index (χ2v) is 7.51. The van der Waals surface area contributed by atoms with Crippen LogP contribution in [0.1, 0.15) is 30.4 Å². The van der Waals surface area contributed by atoms with Crippen molar-refractivity contribution in [1.29, 1.82) is 0 Å². The summed E-state index contributed by atoms with van der Waals surface area (Å²) in [5.41, 5.74) is 1.62. The van der Waals surface area contributed by atoms with Crippen LogP contribution in [0, 0.1) is 0 Å². The van der Waals surface area contributed by atoms with Crippen LogP contribution < -0.4 is 10.5 Å². The van der Waals surface area contributed by atoms with Crippen LogP contribution in [0.25, 0.3) is 5.52 Å². The number of fused-ring (bicyclic) bond motifs is 2. The fraction of sp³-hybridized carbons (Fsp3) is 0.421. The van der Waals surface area contributed by atoms with E-state index in [2.05, 4.69) is 9.88 Å². The molecule has 0 amide bonds. The molecule has 0 atom stereocenters. The first-order valence-corrected chi connectivity index (χ1v) is 9.64. The Morgan fingerprint density at radius 2 is 1.89 bits per heavy atom. The van der Waals surface area contributed by atoms with Gasteiger partial charge in [0.2, 0.25) is 0 Å². The Morgan fingerprint density at radius 1 is 1.11 bits per heavy atom. The minimum absolute atomic E-state index is 0.0124. The smallest absolute Gasteiger partial charge is 0.279 e. The first-order chi connectivity index (χ1) is 13.2. The zero-order chi connectivity index (χ0) is 18.4. The number of nitrogens with zero attached hydrogens (tertiary/aromatic N) is 5. The largest absolute Gasteiger partial charge is 0.381 e. The lowest BCUT2D eigenvalue weighted by molar-refractivity contribution is 0.0832. The summed E-state index contributed by atoms with van der Waals surface area (Å²) in [5, 5.41) is 5.53. The van der Waals surface area contributed by atoms with Crippen molar-refractivity contribution in [2.24, 2.45) is 0 Å². The highest BCUT2D eigenvalue weighted by Gasteiger charge is 2.25. The van der Waals surface area contributed by atoms with Crippen LogP contribution in [0.2, 0.25) is 5.02 Å². The Hall–Kier alpha value is -2.38. The third-order valence-corrected chi connectivity index (χ3v) is 5.71. The van der Waals surface area contributed by atoms with Crippen molar-refractivity contribution in [2.75, 3.05) is 24.7 Å². The van der Waals surface area contributed by atoms with Crippen molar-refractivity contribution in [3.8, 4) is 0 Å². The summed E-state index contributed by atoms with van der Waals surface area (Å²) in [6.45, 7) is 3.41. The molecule has 0 saturated carbocycles. The molecule has 1 saturated heterocycles. The van der Waals surface area contributed by atoms with Crippen molar-refractivity contribution in [2.45, 2.75) is 31.8 Å². The van der Waals surface area contributed by atoms with Gasteiger partial charge in [-0.1, -0.05) is 11.6 Å². The molecule has 0 spiro atoms. The van der Waals surface area contributed by atoms with E-state index in [4.69, 9.17) is 21.4 Å². The molecule has 27 heavy (non-hydrogen) atoms. The Bertz CT molecular complexity index is 1040. The lowest BCUT2D eigenvalue weighted by Crippen LogP contribution is -2.41. The number of hydrogen-bond acceptors (Lipinski definition) is 5. The molecule has 7 nitrogen and oxygen atoms in total. The van der Waals surface area contributed by atoms with E-state index in [1.54, 1.807) is 15.3 Å². The number of benzene rings is 1. The first-order valence-electron chi connectivity index (χ1n) is 9.26. The van der Waals surface area contributed by atoms with Crippen molar-refractivity contribution in [3.63, 3.8) is 0 Å². The molecule has 140 valence electrons. The Labute approximate surface area is 161 Å². The van der Waals surface area contributed by atoms with E-state index in [-0.39, 0.29) is 11.5 Å². The van der Waals surface area contributed by atoms with Crippen LogP contribution in [0.3, 0.4) is 0 Å². The summed E-state index contributed by atoms with van der Waals surface area (Å²) in [6.07, 6.45) is 3.49. The Morgan fingerprint density at radius 3 is 2.67 bits per heavy atom. The van der Waals surface area contributed by atoms with Gasteiger partial charge in [0.25, 0.3) is 5.56 Å². The molecule has 8 heteroatoms. The quantitative estimate of drug-likeness (QED) is 0.678. The minimum atomic E-state index is -0.0124. The van der Waals surface area contributed by atoms with Crippen LogP contribution >= 0.6 is 11.6 Å². The van der Waals surface area contributed by atoms with Crippen molar-refractivity contribution in [3.05, 3.63) is 57.5 Å². The van der Waals surface area contributed by atoms with E-state index in [1.807, 2.05) is 24.3 Å². The number of aromatic nitrogens is 4. The highest BCUT2D eigenvalue weighted by Crippen LogP contribution is 2.26. The monoisotopic (exact) mass is 385 g/mol. The van der Waals surface area contributed by atoms with Gasteiger partial charge >= 0.3 is 0 Å². The van der Waals surface area contributed by atoms with Crippen LogP contribution in [-0.2, 0) is 17.8 Å². The van der Waals surface area contributed by atoms with E-state index in [0.29, 0.717) is 23.6 Å². The lowest BCUT2D eigenvalue weighted by atomic mass is 10.00. The molecule has 0 unspecified atom stereocenters. The molecular formula is C19H20ClN5O2. The number of hydrogen-bond donors (Lipinski definition) is 0. The Kier molecular flexibility index (Phi) is 4.13. The van der Waals surface area contributed by atoms with Gasteiger partial charge in [-0.15, -0.1) is 0 Å². The highest BCUT2D eigenvalue weighted by molar-refractivity contribution is 6.30. The average Bonchev–Trinajstić information content (AvgIpc) is 3.13. The summed E-state index contributed by atoms with van der Waals surface area (Å²) in [7, 11) is 0. The first kappa shape index (κ1) is 16.8. The van der Waals surface area contributed by atoms with Gasteiger partial charge < -0.3 is 9.64 Å². The van der Waals surface area contributed by atoms with Crippen LogP contribution in [0.4, 0.5) is 5.69 Å². The van der Waals surface area contributed by atoms with Crippen molar-refractivity contribution >= 4 is 22.8 Å². The molecule has 4 heterocycles. The van der Waals surface area contributed by atoms with E-state index in [0.717, 1.165) is 49.9 Å². The molecule has 0 aliphatic carbocycles. The topological polar surface area (TPSA) is 64.7 Å². The molecule has 2 aliphatic heterocycles. The third kappa shape index (κ3) is 2.91. The maximum Gasteiger partial charge on any atom is 0.279 e. The number of rotatable bonds is 2. The molecule has 3 aromatic rings. The SMILES string of the molecule is O=c1c2cnc(C3CCOCC3)n2nc2n1CCN(c1ccc(Cl)cc1)C2. The minimum Gasteiger partial charge on any atom is -0.381 e. The Balaban J connectivity index is 1.54.